The van der Waals surface area contributed by atoms with Crippen molar-refractivity contribution in [1.29, 1.82) is 0 Å². The number of urea groups is 1. The summed E-state index contributed by atoms with van der Waals surface area (Å²) in [6.07, 6.45) is 2.15. The van der Waals surface area contributed by atoms with Crippen LogP contribution in [0.4, 0.5) is 4.79 Å². The van der Waals surface area contributed by atoms with Crippen molar-refractivity contribution < 1.29 is 9.59 Å². The monoisotopic (exact) mass is 261 g/mol. The number of rotatable bonds is 5. The second-order valence-electron chi connectivity index (χ2n) is 4.76. The third kappa shape index (κ3) is 3.12. The second kappa shape index (κ2) is 5.84. The van der Waals surface area contributed by atoms with Gasteiger partial charge in [-0.15, -0.1) is 0 Å². The summed E-state index contributed by atoms with van der Waals surface area (Å²) in [4.78, 5) is 24.1. The maximum absolute atomic E-state index is 11.5. The number of imide groups is 1. The molecule has 5 nitrogen and oxygen atoms in total. The summed E-state index contributed by atoms with van der Waals surface area (Å²) < 4.78 is 0. The summed E-state index contributed by atoms with van der Waals surface area (Å²) in [6, 6.07) is 7.32. The highest BCUT2D eigenvalue weighted by Gasteiger charge is 2.29. The zero-order valence-electron chi connectivity index (χ0n) is 11.1. The zero-order chi connectivity index (χ0) is 13.8. The van der Waals surface area contributed by atoms with Gasteiger partial charge in [-0.2, -0.15) is 0 Å². The fraction of sp³-hybridized carbons (Fsp3) is 0.429. The standard InChI is InChI=1S/C14H19N3O2/c1-2-3-10-4-6-11(7-5-10)12(15)9-17-13(18)8-16-14(17)19/h4-7,12H,2-3,8-9,15H2,1H3,(H,16,19). The first-order chi connectivity index (χ1) is 9.11. The molecule has 2 rings (SSSR count). The van der Waals surface area contributed by atoms with Gasteiger partial charge in [-0.3, -0.25) is 9.69 Å². The molecule has 1 saturated heterocycles. The summed E-state index contributed by atoms with van der Waals surface area (Å²) in [5.74, 6) is -0.219. The summed E-state index contributed by atoms with van der Waals surface area (Å²) >= 11 is 0. The van der Waals surface area contributed by atoms with E-state index < -0.39 is 0 Å². The highest BCUT2D eigenvalue weighted by Crippen LogP contribution is 2.15. The van der Waals surface area contributed by atoms with Crippen molar-refractivity contribution in [2.75, 3.05) is 13.1 Å². The molecule has 0 bridgehead atoms. The van der Waals surface area contributed by atoms with E-state index in [0.29, 0.717) is 0 Å². The molecule has 1 aromatic carbocycles. The van der Waals surface area contributed by atoms with Gasteiger partial charge < -0.3 is 11.1 Å². The minimum atomic E-state index is -0.358. The molecule has 1 aliphatic heterocycles. The van der Waals surface area contributed by atoms with Gasteiger partial charge in [0, 0.05) is 12.6 Å². The Balaban J connectivity index is 2.01. The van der Waals surface area contributed by atoms with Crippen LogP contribution in [0.2, 0.25) is 0 Å². The molecule has 3 amide bonds. The molecule has 1 fully saturated rings. The molecule has 1 aliphatic rings. The fourth-order valence-electron chi connectivity index (χ4n) is 2.16. The zero-order valence-corrected chi connectivity index (χ0v) is 11.1. The lowest BCUT2D eigenvalue weighted by molar-refractivity contribution is -0.125. The van der Waals surface area contributed by atoms with Gasteiger partial charge in [0.1, 0.15) is 0 Å². The normalized spacial score (nSPS) is 16.6. The van der Waals surface area contributed by atoms with E-state index in [1.807, 2.05) is 24.3 Å². The maximum Gasteiger partial charge on any atom is 0.324 e. The Hall–Kier alpha value is -1.88. The van der Waals surface area contributed by atoms with Crippen molar-refractivity contribution >= 4 is 11.9 Å². The molecule has 1 heterocycles. The van der Waals surface area contributed by atoms with E-state index in [4.69, 9.17) is 5.73 Å². The smallest absolute Gasteiger partial charge is 0.324 e. The molecule has 0 radical (unpaired) electrons. The average Bonchev–Trinajstić information content (AvgIpc) is 2.72. The van der Waals surface area contributed by atoms with Crippen molar-refractivity contribution in [3.8, 4) is 0 Å². The van der Waals surface area contributed by atoms with E-state index >= 15 is 0 Å². The quantitative estimate of drug-likeness (QED) is 0.782. The highest BCUT2D eigenvalue weighted by molar-refractivity contribution is 6.01. The Bertz CT molecular complexity index is 454. The minimum absolute atomic E-state index is 0.0704. The van der Waals surface area contributed by atoms with Gasteiger partial charge in [-0.1, -0.05) is 37.6 Å². The summed E-state index contributed by atoms with van der Waals surface area (Å²) in [7, 11) is 0. The van der Waals surface area contributed by atoms with Crippen LogP contribution >= 0.6 is 0 Å². The second-order valence-corrected chi connectivity index (χ2v) is 4.76. The largest absolute Gasteiger partial charge is 0.329 e. The molecule has 0 saturated carbocycles. The molecule has 3 N–H and O–H groups in total. The Kier molecular flexibility index (Phi) is 4.16. The number of benzene rings is 1. The Morgan fingerprint density at radius 3 is 2.53 bits per heavy atom. The third-order valence-electron chi connectivity index (χ3n) is 3.26. The molecular formula is C14H19N3O2. The van der Waals surface area contributed by atoms with Gasteiger partial charge in [-0.25, -0.2) is 4.79 Å². The van der Waals surface area contributed by atoms with Crippen LogP contribution in [0.1, 0.15) is 30.5 Å². The minimum Gasteiger partial charge on any atom is -0.329 e. The van der Waals surface area contributed by atoms with Crippen LogP contribution in [0.5, 0.6) is 0 Å². The lowest BCUT2D eigenvalue weighted by Crippen LogP contribution is -2.37. The number of aryl methyl sites for hydroxylation is 1. The van der Waals surface area contributed by atoms with Gasteiger partial charge in [-0.05, 0) is 17.5 Å². The van der Waals surface area contributed by atoms with E-state index in [1.165, 1.54) is 10.5 Å². The van der Waals surface area contributed by atoms with Crippen molar-refractivity contribution in [2.24, 2.45) is 5.73 Å². The van der Waals surface area contributed by atoms with Crippen LogP contribution in [-0.2, 0) is 11.2 Å². The first-order valence-corrected chi connectivity index (χ1v) is 6.54. The van der Waals surface area contributed by atoms with Crippen LogP contribution < -0.4 is 11.1 Å². The van der Waals surface area contributed by atoms with E-state index in [9.17, 15) is 9.59 Å². The predicted octanol–water partition coefficient (Wildman–Crippen LogP) is 1.19. The van der Waals surface area contributed by atoms with E-state index in [1.54, 1.807) is 0 Å². The molecule has 102 valence electrons. The first kappa shape index (κ1) is 13.5. The number of amides is 3. The first-order valence-electron chi connectivity index (χ1n) is 6.54. The van der Waals surface area contributed by atoms with Crippen molar-refractivity contribution in [2.45, 2.75) is 25.8 Å². The van der Waals surface area contributed by atoms with Crippen molar-refractivity contribution in [3.05, 3.63) is 35.4 Å². The maximum atomic E-state index is 11.5. The van der Waals surface area contributed by atoms with E-state index in [-0.39, 0.29) is 31.1 Å². The SMILES string of the molecule is CCCc1ccc(C(N)CN2C(=O)CNC2=O)cc1. The summed E-state index contributed by atoms with van der Waals surface area (Å²) in [5, 5.41) is 2.48. The number of carbonyl (C=O) groups is 2. The molecule has 1 atom stereocenters. The van der Waals surface area contributed by atoms with Gasteiger partial charge in [0.2, 0.25) is 5.91 Å². The molecule has 19 heavy (non-hydrogen) atoms. The lowest BCUT2D eigenvalue weighted by Gasteiger charge is -2.18. The van der Waals surface area contributed by atoms with Crippen LogP contribution in [0.15, 0.2) is 24.3 Å². The summed E-state index contributed by atoms with van der Waals surface area (Å²) in [6.45, 7) is 2.43. The van der Waals surface area contributed by atoms with Crippen LogP contribution in [0.3, 0.4) is 0 Å². The van der Waals surface area contributed by atoms with Crippen LogP contribution in [0.25, 0.3) is 0 Å². The number of nitrogens with two attached hydrogens (primary N) is 1. The lowest BCUT2D eigenvalue weighted by atomic mass is 10.0. The predicted molar refractivity (Wildman–Crippen MR) is 72.5 cm³/mol. The average molecular weight is 261 g/mol. The topological polar surface area (TPSA) is 75.4 Å². The van der Waals surface area contributed by atoms with E-state index in [2.05, 4.69) is 12.2 Å². The number of nitrogens with one attached hydrogen (secondary N) is 1. The fourth-order valence-corrected chi connectivity index (χ4v) is 2.16. The Morgan fingerprint density at radius 2 is 2.00 bits per heavy atom. The van der Waals surface area contributed by atoms with Crippen molar-refractivity contribution in [1.82, 2.24) is 10.2 Å². The summed E-state index contributed by atoms with van der Waals surface area (Å²) in [5.41, 5.74) is 8.26. The van der Waals surface area contributed by atoms with Crippen molar-refractivity contribution in [3.63, 3.8) is 0 Å². The number of hydrogen-bond donors (Lipinski definition) is 2. The van der Waals surface area contributed by atoms with Gasteiger partial charge in [0.15, 0.2) is 0 Å². The number of carbonyl (C=O) groups excluding carboxylic acids is 2. The molecule has 1 aromatic rings. The Labute approximate surface area is 112 Å². The number of nitrogens with zero attached hydrogens (tertiary/aromatic N) is 1. The van der Waals surface area contributed by atoms with Gasteiger partial charge in [0.05, 0.1) is 6.54 Å². The number of hydrogen-bond acceptors (Lipinski definition) is 3. The van der Waals surface area contributed by atoms with Gasteiger partial charge in [0.25, 0.3) is 0 Å². The molecular weight excluding hydrogens is 242 g/mol. The molecule has 0 spiro atoms. The van der Waals surface area contributed by atoms with Crippen LogP contribution in [0, 0.1) is 0 Å². The highest BCUT2D eigenvalue weighted by atomic mass is 16.2. The molecule has 1 unspecified atom stereocenters. The molecule has 0 aromatic heterocycles. The molecule has 5 heteroatoms. The third-order valence-corrected chi connectivity index (χ3v) is 3.26. The molecule has 0 aliphatic carbocycles. The van der Waals surface area contributed by atoms with Crippen LogP contribution in [-0.4, -0.2) is 29.9 Å². The van der Waals surface area contributed by atoms with E-state index in [0.717, 1.165) is 18.4 Å². The van der Waals surface area contributed by atoms with Gasteiger partial charge >= 0.3 is 6.03 Å². The Morgan fingerprint density at radius 1 is 1.32 bits per heavy atom.